The molecule has 1 aliphatic heterocycles. The van der Waals surface area contributed by atoms with Crippen molar-refractivity contribution in [2.45, 2.75) is 39.2 Å². The minimum absolute atomic E-state index is 0. The Kier molecular flexibility index (Phi) is 11.5. The van der Waals surface area contributed by atoms with Crippen LogP contribution in [-0.2, 0) is 11.2 Å². The standard InChI is InChI=1S/C20H35N5O2.HI/c1-16(2)15-25-11-5-7-17(25)13-22-20(23-14-19(26)24(3)4)21-10-9-18-8-6-12-27-18;/h6,8,12,16-17H,5,7,9-11,13-15H2,1-4H3,(H2,21,22,23);1H/t17-;/m1./s1. The first-order valence-electron chi connectivity index (χ1n) is 9.94. The van der Waals surface area contributed by atoms with Crippen LogP contribution in [-0.4, -0.2) is 74.5 Å². The van der Waals surface area contributed by atoms with Gasteiger partial charge in [-0.15, -0.1) is 24.0 Å². The van der Waals surface area contributed by atoms with E-state index < -0.39 is 0 Å². The second-order valence-corrected chi connectivity index (χ2v) is 7.77. The number of aliphatic imine (C=N–C) groups is 1. The number of likely N-dealkylation sites (tertiary alicyclic amines) is 1. The molecule has 1 atom stereocenters. The summed E-state index contributed by atoms with van der Waals surface area (Å²) in [5.74, 6) is 2.28. The second kappa shape index (κ2) is 13.0. The number of hydrogen-bond donors (Lipinski definition) is 2. The summed E-state index contributed by atoms with van der Waals surface area (Å²) in [6.07, 6.45) is 4.91. The van der Waals surface area contributed by atoms with Gasteiger partial charge in [0.25, 0.3) is 0 Å². The molecule has 1 saturated heterocycles. The number of nitrogens with one attached hydrogen (secondary N) is 2. The minimum atomic E-state index is -0.00978. The molecular weight excluding hydrogens is 469 g/mol. The highest BCUT2D eigenvalue weighted by molar-refractivity contribution is 14.0. The van der Waals surface area contributed by atoms with Crippen molar-refractivity contribution in [3.63, 3.8) is 0 Å². The van der Waals surface area contributed by atoms with Crippen LogP contribution in [0.5, 0.6) is 0 Å². The molecule has 8 heteroatoms. The Hall–Kier alpha value is -1.29. The van der Waals surface area contributed by atoms with Crippen molar-refractivity contribution < 1.29 is 9.21 Å². The van der Waals surface area contributed by atoms with E-state index in [1.54, 1.807) is 25.3 Å². The van der Waals surface area contributed by atoms with Gasteiger partial charge in [0.1, 0.15) is 12.3 Å². The van der Waals surface area contributed by atoms with Gasteiger partial charge in [-0.1, -0.05) is 13.8 Å². The molecule has 0 spiro atoms. The highest BCUT2D eigenvalue weighted by Crippen LogP contribution is 2.17. The molecule has 0 aliphatic carbocycles. The summed E-state index contributed by atoms with van der Waals surface area (Å²) in [5.41, 5.74) is 0. The summed E-state index contributed by atoms with van der Waals surface area (Å²) in [7, 11) is 3.50. The quantitative estimate of drug-likeness (QED) is 0.306. The number of hydrogen-bond acceptors (Lipinski definition) is 4. The molecule has 1 amide bonds. The molecule has 160 valence electrons. The summed E-state index contributed by atoms with van der Waals surface area (Å²) in [5, 5.41) is 6.76. The van der Waals surface area contributed by atoms with E-state index in [2.05, 4.69) is 34.4 Å². The zero-order valence-corrected chi connectivity index (χ0v) is 19.9. The zero-order valence-electron chi connectivity index (χ0n) is 17.6. The van der Waals surface area contributed by atoms with Crippen LogP contribution < -0.4 is 10.6 Å². The lowest BCUT2D eigenvalue weighted by atomic mass is 10.1. The number of rotatable bonds is 9. The summed E-state index contributed by atoms with van der Waals surface area (Å²) in [6.45, 7) is 8.51. The summed E-state index contributed by atoms with van der Waals surface area (Å²) in [4.78, 5) is 20.5. The van der Waals surface area contributed by atoms with E-state index >= 15 is 0 Å². The topological polar surface area (TPSA) is 73.1 Å². The van der Waals surface area contributed by atoms with Crippen molar-refractivity contribution in [3.05, 3.63) is 24.2 Å². The van der Waals surface area contributed by atoms with Crippen LogP contribution in [0.3, 0.4) is 0 Å². The summed E-state index contributed by atoms with van der Waals surface area (Å²) in [6, 6.07) is 4.37. The van der Waals surface area contributed by atoms with E-state index in [1.807, 2.05) is 12.1 Å². The third kappa shape index (κ3) is 8.81. The van der Waals surface area contributed by atoms with Crippen molar-refractivity contribution in [1.29, 1.82) is 0 Å². The van der Waals surface area contributed by atoms with Gasteiger partial charge in [-0.3, -0.25) is 9.69 Å². The number of furan rings is 1. The Labute approximate surface area is 186 Å². The Morgan fingerprint density at radius 1 is 1.39 bits per heavy atom. The number of carbonyl (C=O) groups is 1. The smallest absolute Gasteiger partial charge is 0.243 e. The van der Waals surface area contributed by atoms with E-state index in [9.17, 15) is 4.79 Å². The zero-order chi connectivity index (χ0) is 19.6. The first kappa shape index (κ1) is 24.7. The molecule has 2 rings (SSSR count). The molecule has 2 N–H and O–H groups in total. The Morgan fingerprint density at radius 2 is 2.18 bits per heavy atom. The van der Waals surface area contributed by atoms with Gasteiger partial charge in [-0.05, 0) is 37.4 Å². The van der Waals surface area contributed by atoms with Crippen molar-refractivity contribution in [2.75, 3.05) is 46.8 Å². The predicted molar refractivity (Wildman–Crippen MR) is 124 cm³/mol. The highest BCUT2D eigenvalue weighted by atomic mass is 127. The van der Waals surface area contributed by atoms with Crippen molar-refractivity contribution >= 4 is 35.8 Å². The monoisotopic (exact) mass is 505 g/mol. The number of amides is 1. The molecule has 1 aromatic heterocycles. The third-order valence-corrected chi connectivity index (χ3v) is 4.72. The minimum Gasteiger partial charge on any atom is -0.469 e. The maximum Gasteiger partial charge on any atom is 0.243 e. The number of guanidine groups is 1. The van der Waals surface area contributed by atoms with Crippen molar-refractivity contribution in [1.82, 2.24) is 20.4 Å². The fraction of sp³-hybridized carbons (Fsp3) is 0.700. The van der Waals surface area contributed by atoms with Gasteiger partial charge in [-0.25, -0.2) is 4.99 Å². The maximum absolute atomic E-state index is 11.9. The molecule has 1 aliphatic rings. The molecule has 0 saturated carbocycles. The maximum atomic E-state index is 11.9. The number of halogens is 1. The van der Waals surface area contributed by atoms with E-state index in [1.165, 1.54) is 19.4 Å². The van der Waals surface area contributed by atoms with Crippen LogP contribution in [0.25, 0.3) is 0 Å². The van der Waals surface area contributed by atoms with Crippen LogP contribution in [0.1, 0.15) is 32.4 Å². The number of carbonyl (C=O) groups excluding carboxylic acids is 1. The molecule has 28 heavy (non-hydrogen) atoms. The molecule has 7 nitrogen and oxygen atoms in total. The fourth-order valence-electron chi connectivity index (χ4n) is 3.27. The predicted octanol–water partition coefficient (Wildman–Crippen LogP) is 2.18. The van der Waals surface area contributed by atoms with Gasteiger partial charge in [-0.2, -0.15) is 0 Å². The molecule has 0 radical (unpaired) electrons. The van der Waals surface area contributed by atoms with Gasteiger partial charge in [0.15, 0.2) is 5.96 Å². The van der Waals surface area contributed by atoms with Gasteiger partial charge in [0, 0.05) is 46.2 Å². The first-order valence-corrected chi connectivity index (χ1v) is 9.94. The van der Waals surface area contributed by atoms with E-state index in [4.69, 9.17) is 4.42 Å². The highest BCUT2D eigenvalue weighted by Gasteiger charge is 2.24. The van der Waals surface area contributed by atoms with Gasteiger partial charge < -0.3 is 20.0 Å². The first-order chi connectivity index (χ1) is 13.0. The van der Waals surface area contributed by atoms with Crippen LogP contribution >= 0.6 is 24.0 Å². The number of likely N-dealkylation sites (N-methyl/N-ethyl adjacent to an activating group) is 1. The van der Waals surface area contributed by atoms with Gasteiger partial charge in [0.05, 0.1) is 6.26 Å². The van der Waals surface area contributed by atoms with Crippen LogP contribution in [0.4, 0.5) is 0 Å². The third-order valence-electron chi connectivity index (χ3n) is 4.72. The van der Waals surface area contributed by atoms with E-state index in [-0.39, 0.29) is 36.4 Å². The largest absolute Gasteiger partial charge is 0.469 e. The lowest BCUT2D eigenvalue weighted by molar-refractivity contribution is -0.127. The Bertz CT molecular complexity index is 589. The lowest BCUT2D eigenvalue weighted by Gasteiger charge is -2.27. The van der Waals surface area contributed by atoms with E-state index in [0.29, 0.717) is 24.5 Å². The van der Waals surface area contributed by atoms with Crippen LogP contribution in [0.15, 0.2) is 27.8 Å². The van der Waals surface area contributed by atoms with Crippen LogP contribution in [0.2, 0.25) is 0 Å². The lowest BCUT2D eigenvalue weighted by Crippen LogP contribution is -2.46. The molecule has 1 fully saturated rings. The molecule has 1 aromatic rings. The van der Waals surface area contributed by atoms with Crippen molar-refractivity contribution in [3.8, 4) is 0 Å². The average molecular weight is 505 g/mol. The van der Waals surface area contributed by atoms with Gasteiger partial charge in [0.2, 0.25) is 5.91 Å². The molecule has 0 aromatic carbocycles. The van der Waals surface area contributed by atoms with E-state index in [0.717, 1.165) is 25.3 Å². The molecule has 0 unspecified atom stereocenters. The van der Waals surface area contributed by atoms with Gasteiger partial charge >= 0.3 is 0 Å². The number of nitrogens with zero attached hydrogens (tertiary/aromatic N) is 3. The molecule has 2 heterocycles. The normalized spacial score (nSPS) is 17.5. The Balaban J connectivity index is 0.00000392. The SMILES string of the molecule is CC(C)CN1CCC[C@@H]1CNC(=NCC(=O)N(C)C)NCCc1ccco1.I. The average Bonchev–Trinajstić information content (AvgIpc) is 3.28. The molecular formula is C20H36IN5O2. The molecule has 0 bridgehead atoms. The van der Waals surface area contributed by atoms with Crippen molar-refractivity contribution in [2.24, 2.45) is 10.9 Å². The fourth-order valence-corrected chi connectivity index (χ4v) is 3.27. The van der Waals surface area contributed by atoms with Crippen LogP contribution in [0, 0.1) is 5.92 Å². The second-order valence-electron chi connectivity index (χ2n) is 7.77. The summed E-state index contributed by atoms with van der Waals surface area (Å²) >= 11 is 0. The summed E-state index contributed by atoms with van der Waals surface area (Å²) < 4.78 is 5.37. The Morgan fingerprint density at radius 3 is 2.82 bits per heavy atom.